The highest BCUT2D eigenvalue weighted by atomic mass is 16.6. The van der Waals surface area contributed by atoms with Gasteiger partial charge in [-0.1, -0.05) is 18.2 Å². The van der Waals surface area contributed by atoms with Gasteiger partial charge < -0.3 is 10.1 Å². The molecule has 1 heterocycles. The third-order valence-electron chi connectivity index (χ3n) is 4.33. The molecule has 1 amide bonds. The number of fused-ring (bicyclic) bond motifs is 1. The molecule has 0 spiro atoms. The molecule has 0 unspecified atom stereocenters. The molecule has 7 heteroatoms. The van der Waals surface area contributed by atoms with E-state index in [4.69, 9.17) is 4.74 Å². The molecule has 0 saturated heterocycles. The summed E-state index contributed by atoms with van der Waals surface area (Å²) in [5, 5.41) is 15.0. The van der Waals surface area contributed by atoms with Crippen LogP contribution in [0.1, 0.15) is 10.4 Å². The van der Waals surface area contributed by atoms with E-state index in [1.165, 1.54) is 12.3 Å². The fraction of sp³-hybridized carbons (Fsp3) is 0. The third kappa shape index (κ3) is 3.89. The summed E-state index contributed by atoms with van der Waals surface area (Å²) in [5.74, 6) is 0.817. The van der Waals surface area contributed by atoms with E-state index in [1.807, 2.05) is 6.07 Å². The van der Waals surface area contributed by atoms with Gasteiger partial charge in [0.25, 0.3) is 11.6 Å². The highest BCUT2D eigenvalue weighted by molar-refractivity contribution is 6.04. The van der Waals surface area contributed by atoms with Gasteiger partial charge in [0.2, 0.25) is 0 Å². The number of pyridine rings is 1. The Labute approximate surface area is 165 Å². The molecule has 3 aromatic carbocycles. The van der Waals surface area contributed by atoms with Crippen molar-refractivity contribution in [3.8, 4) is 11.5 Å². The zero-order valence-electron chi connectivity index (χ0n) is 15.1. The molecule has 4 aromatic rings. The van der Waals surface area contributed by atoms with Crippen LogP contribution in [0, 0.1) is 10.1 Å². The summed E-state index contributed by atoms with van der Waals surface area (Å²) in [4.78, 5) is 27.0. The van der Waals surface area contributed by atoms with Crippen LogP contribution in [0.2, 0.25) is 0 Å². The molecule has 7 nitrogen and oxygen atoms in total. The van der Waals surface area contributed by atoms with Crippen molar-refractivity contribution in [2.24, 2.45) is 0 Å². The Morgan fingerprint density at radius 1 is 0.931 bits per heavy atom. The second kappa shape index (κ2) is 7.77. The zero-order chi connectivity index (χ0) is 20.2. The number of amides is 1. The van der Waals surface area contributed by atoms with E-state index in [0.717, 1.165) is 0 Å². The van der Waals surface area contributed by atoms with Crippen LogP contribution in [-0.2, 0) is 0 Å². The number of nitrogens with one attached hydrogen (secondary N) is 1. The highest BCUT2D eigenvalue weighted by Gasteiger charge is 2.15. The number of ether oxygens (including phenoxy) is 1. The van der Waals surface area contributed by atoms with Crippen LogP contribution in [-0.4, -0.2) is 15.8 Å². The lowest BCUT2D eigenvalue weighted by molar-refractivity contribution is -0.383. The van der Waals surface area contributed by atoms with Gasteiger partial charge in [0, 0.05) is 35.1 Å². The molecule has 0 radical (unpaired) electrons. The zero-order valence-corrected chi connectivity index (χ0v) is 15.1. The number of rotatable bonds is 5. The standard InChI is InChI=1S/C22H15N3O4/c26-22(15-4-2-1-3-5-15)24-16-6-8-17(9-7-16)29-21-11-10-20(25(27)28)19-14-23-13-12-18(19)21/h1-14H,(H,24,26). The van der Waals surface area contributed by atoms with Crippen LogP contribution >= 0.6 is 0 Å². The molecule has 0 aliphatic rings. The van der Waals surface area contributed by atoms with E-state index in [0.29, 0.717) is 33.5 Å². The lowest BCUT2D eigenvalue weighted by Crippen LogP contribution is -2.11. The molecule has 0 aliphatic heterocycles. The highest BCUT2D eigenvalue weighted by Crippen LogP contribution is 2.35. The maximum atomic E-state index is 12.2. The second-order valence-electron chi connectivity index (χ2n) is 6.21. The second-order valence-corrected chi connectivity index (χ2v) is 6.21. The Morgan fingerprint density at radius 3 is 2.41 bits per heavy atom. The smallest absolute Gasteiger partial charge is 0.279 e. The van der Waals surface area contributed by atoms with Crippen LogP contribution in [0.15, 0.2) is 85.2 Å². The van der Waals surface area contributed by atoms with Crippen molar-refractivity contribution in [1.29, 1.82) is 0 Å². The summed E-state index contributed by atoms with van der Waals surface area (Å²) in [6.45, 7) is 0. The maximum Gasteiger partial charge on any atom is 0.279 e. The summed E-state index contributed by atoms with van der Waals surface area (Å²) < 4.78 is 5.91. The van der Waals surface area contributed by atoms with Gasteiger partial charge in [-0.25, -0.2) is 0 Å². The topological polar surface area (TPSA) is 94.4 Å². The molecule has 0 saturated carbocycles. The number of carbonyl (C=O) groups excluding carboxylic acids is 1. The van der Waals surface area contributed by atoms with E-state index in [2.05, 4.69) is 10.3 Å². The van der Waals surface area contributed by atoms with E-state index in [1.54, 1.807) is 66.9 Å². The van der Waals surface area contributed by atoms with Crippen LogP contribution in [0.4, 0.5) is 11.4 Å². The summed E-state index contributed by atoms with van der Waals surface area (Å²) in [5.41, 5.74) is 1.17. The van der Waals surface area contributed by atoms with Crippen LogP contribution < -0.4 is 10.1 Å². The Balaban J connectivity index is 1.54. The number of nitro groups is 1. The molecule has 1 N–H and O–H groups in total. The van der Waals surface area contributed by atoms with Gasteiger partial charge in [-0.05, 0) is 48.5 Å². The molecule has 29 heavy (non-hydrogen) atoms. The van der Waals surface area contributed by atoms with Crippen LogP contribution in [0.5, 0.6) is 11.5 Å². The molecule has 0 fully saturated rings. The first-order chi connectivity index (χ1) is 14.1. The molecule has 4 rings (SSSR count). The van der Waals surface area contributed by atoms with Gasteiger partial charge in [0.15, 0.2) is 0 Å². The normalized spacial score (nSPS) is 10.5. The third-order valence-corrected chi connectivity index (χ3v) is 4.33. The Bertz CT molecular complexity index is 1190. The quantitative estimate of drug-likeness (QED) is 0.377. The number of nitro benzene ring substituents is 1. The largest absolute Gasteiger partial charge is 0.457 e. The summed E-state index contributed by atoms with van der Waals surface area (Å²) >= 11 is 0. The van der Waals surface area contributed by atoms with Crippen molar-refractivity contribution in [3.63, 3.8) is 0 Å². The molecule has 1 aromatic heterocycles. The SMILES string of the molecule is O=C(Nc1ccc(Oc2ccc([N+](=O)[O-])c3cnccc23)cc1)c1ccccc1. The van der Waals surface area contributed by atoms with E-state index >= 15 is 0 Å². The summed E-state index contributed by atoms with van der Waals surface area (Å²) in [7, 11) is 0. The molecule has 0 aliphatic carbocycles. The Morgan fingerprint density at radius 2 is 1.69 bits per heavy atom. The van der Waals surface area contributed by atoms with Crippen molar-refractivity contribution in [2.45, 2.75) is 0 Å². The first kappa shape index (κ1) is 18.1. The number of carbonyl (C=O) groups is 1. The molecule has 0 bridgehead atoms. The summed E-state index contributed by atoms with van der Waals surface area (Å²) in [6.07, 6.45) is 3.00. The van der Waals surface area contributed by atoms with Crippen LogP contribution in [0.3, 0.4) is 0 Å². The number of nitrogens with zero attached hydrogens (tertiary/aromatic N) is 2. The average molecular weight is 385 g/mol. The van der Waals surface area contributed by atoms with Crippen molar-refractivity contribution in [1.82, 2.24) is 4.98 Å². The number of hydrogen-bond acceptors (Lipinski definition) is 5. The fourth-order valence-electron chi connectivity index (χ4n) is 2.92. The fourth-order valence-corrected chi connectivity index (χ4v) is 2.92. The Hall–Kier alpha value is -4.26. The molecule has 142 valence electrons. The van der Waals surface area contributed by atoms with E-state index in [9.17, 15) is 14.9 Å². The number of aromatic nitrogens is 1. The molecular formula is C22H15N3O4. The number of anilines is 1. The van der Waals surface area contributed by atoms with Gasteiger partial charge in [0.05, 0.1) is 10.3 Å². The van der Waals surface area contributed by atoms with E-state index < -0.39 is 4.92 Å². The minimum atomic E-state index is -0.446. The monoisotopic (exact) mass is 385 g/mol. The van der Waals surface area contributed by atoms with Gasteiger partial charge in [-0.3, -0.25) is 19.9 Å². The predicted octanol–water partition coefficient (Wildman–Crippen LogP) is 5.19. The number of non-ortho nitro benzene ring substituents is 1. The van der Waals surface area contributed by atoms with Gasteiger partial charge in [-0.15, -0.1) is 0 Å². The van der Waals surface area contributed by atoms with Gasteiger partial charge in [0.1, 0.15) is 11.5 Å². The van der Waals surface area contributed by atoms with Gasteiger partial charge in [-0.2, -0.15) is 0 Å². The minimum absolute atomic E-state index is 0.0283. The van der Waals surface area contributed by atoms with Crippen molar-refractivity contribution in [2.75, 3.05) is 5.32 Å². The van der Waals surface area contributed by atoms with Crippen LogP contribution in [0.25, 0.3) is 10.8 Å². The molecular weight excluding hydrogens is 370 g/mol. The van der Waals surface area contributed by atoms with Crippen molar-refractivity contribution in [3.05, 3.63) is 101 Å². The predicted molar refractivity (Wildman–Crippen MR) is 109 cm³/mol. The lowest BCUT2D eigenvalue weighted by Gasteiger charge is -2.10. The first-order valence-electron chi connectivity index (χ1n) is 8.77. The van der Waals surface area contributed by atoms with Gasteiger partial charge >= 0.3 is 0 Å². The van der Waals surface area contributed by atoms with Crippen molar-refractivity contribution >= 4 is 28.1 Å². The first-order valence-corrected chi connectivity index (χ1v) is 8.77. The maximum absolute atomic E-state index is 12.2. The molecule has 0 atom stereocenters. The lowest BCUT2D eigenvalue weighted by atomic mass is 10.1. The Kier molecular flexibility index (Phi) is 4.86. The number of benzene rings is 3. The average Bonchev–Trinajstić information content (AvgIpc) is 2.75. The van der Waals surface area contributed by atoms with E-state index in [-0.39, 0.29) is 11.6 Å². The van der Waals surface area contributed by atoms with Crippen molar-refractivity contribution < 1.29 is 14.5 Å². The number of hydrogen-bond donors (Lipinski definition) is 1. The summed E-state index contributed by atoms with van der Waals surface area (Å²) in [6, 6.07) is 20.4. The minimum Gasteiger partial charge on any atom is -0.457 e.